The molecule has 0 radical (unpaired) electrons. The number of carbonyl (C=O) groups is 2. The van der Waals surface area contributed by atoms with Crippen molar-refractivity contribution in [3.8, 4) is 22.9 Å². The quantitative estimate of drug-likeness (QED) is 0.536. The van der Waals surface area contributed by atoms with Crippen LogP contribution in [0.15, 0.2) is 60.8 Å². The molecule has 0 fully saturated rings. The molecule has 0 saturated heterocycles. The van der Waals surface area contributed by atoms with Crippen molar-refractivity contribution >= 4 is 11.9 Å². The number of hydrogen-bond acceptors (Lipinski definition) is 7. The molecule has 2 aromatic carbocycles. The summed E-state index contributed by atoms with van der Waals surface area (Å²) in [6.45, 7) is 1.35. The van der Waals surface area contributed by atoms with E-state index in [0.717, 1.165) is 5.56 Å². The predicted octanol–water partition coefficient (Wildman–Crippen LogP) is 4.05. The van der Waals surface area contributed by atoms with Crippen molar-refractivity contribution in [1.29, 1.82) is 5.26 Å². The molecule has 0 spiro atoms. The Morgan fingerprint density at radius 2 is 1.77 bits per heavy atom. The highest BCUT2D eigenvalue weighted by molar-refractivity contribution is 5.98. The van der Waals surface area contributed by atoms with E-state index in [1.807, 2.05) is 30.3 Å². The highest BCUT2D eigenvalue weighted by atomic mass is 16.5. The Kier molecular flexibility index (Phi) is 6.97. The Morgan fingerprint density at radius 3 is 2.45 bits per heavy atom. The van der Waals surface area contributed by atoms with E-state index < -0.39 is 11.9 Å². The van der Waals surface area contributed by atoms with Crippen LogP contribution in [0.3, 0.4) is 0 Å². The Balaban J connectivity index is 2.01. The smallest absolute Gasteiger partial charge is 0.340 e. The molecule has 0 aliphatic heterocycles. The molecule has 3 aromatic rings. The summed E-state index contributed by atoms with van der Waals surface area (Å²) in [4.78, 5) is 28.3. The SMILES string of the molecule is COc1ccc(C#N)cc1-c1cc(COC(C)=O)ncc1C(=O)OCc1ccccc1. The number of nitrogens with zero attached hydrogens (tertiary/aromatic N) is 2. The molecule has 3 rings (SSSR count). The third kappa shape index (κ3) is 5.46. The molecule has 0 aliphatic carbocycles. The predicted molar refractivity (Wildman–Crippen MR) is 112 cm³/mol. The number of nitriles is 1. The Labute approximate surface area is 179 Å². The molecular weight excluding hydrogens is 396 g/mol. The molecule has 7 nitrogen and oxygen atoms in total. The Bertz CT molecular complexity index is 1140. The molecule has 1 heterocycles. The van der Waals surface area contributed by atoms with Gasteiger partial charge in [0.2, 0.25) is 0 Å². The van der Waals surface area contributed by atoms with E-state index in [2.05, 4.69) is 11.1 Å². The van der Waals surface area contributed by atoms with Crippen molar-refractivity contribution in [2.45, 2.75) is 20.1 Å². The zero-order valence-corrected chi connectivity index (χ0v) is 17.1. The van der Waals surface area contributed by atoms with Gasteiger partial charge in [0.15, 0.2) is 0 Å². The number of carbonyl (C=O) groups excluding carboxylic acids is 2. The first kappa shape index (κ1) is 21.5. The van der Waals surface area contributed by atoms with Gasteiger partial charge in [-0.1, -0.05) is 30.3 Å². The first-order chi connectivity index (χ1) is 15.0. The zero-order valence-electron chi connectivity index (χ0n) is 17.1. The largest absolute Gasteiger partial charge is 0.496 e. The lowest BCUT2D eigenvalue weighted by atomic mass is 9.98. The lowest BCUT2D eigenvalue weighted by Crippen LogP contribution is -2.10. The number of ether oxygens (including phenoxy) is 3. The summed E-state index contributed by atoms with van der Waals surface area (Å²) >= 11 is 0. The molecule has 0 saturated carbocycles. The van der Waals surface area contributed by atoms with Crippen molar-refractivity contribution in [3.05, 3.63) is 83.2 Å². The molecule has 0 atom stereocenters. The summed E-state index contributed by atoms with van der Waals surface area (Å²) in [6, 6.07) is 17.9. The van der Waals surface area contributed by atoms with Crippen LogP contribution >= 0.6 is 0 Å². The standard InChI is InChI=1S/C24H20N2O5/c1-16(27)30-15-19-11-20(21-10-18(12-25)8-9-23(21)29-2)22(13-26-19)24(28)31-14-17-6-4-3-5-7-17/h3-11,13H,14-15H2,1-2H3. The van der Waals surface area contributed by atoms with Crippen LogP contribution < -0.4 is 4.74 Å². The number of methoxy groups -OCH3 is 1. The van der Waals surface area contributed by atoms with Gasteiger partial charge in [0, 0.05) is 24.2 Å². The van der Waals surface area contributed by atoms with Crippen molar-refractivity contribution in [2.24, 2.45) is 0 Å². The fraction of sp³-hybridized carbons (Fsp3) is 0.167. The monoisotopic (exact) mass is 416 g/mol. The minimum absolute atomic E-state index is 0.0536. The molecule has 31 heavy (non-hydrogen) atoms. The summed E-state index contributed by atoms with van der Waals surface area (Å²) in [5, 5.41) is 9.31. The van der Waals surface area contributed by atoms with Crippen molar-refractivity contribution in [2.75, 3.05) is 7.11 Å². The molecule has 0 unspecified atom stereocenters. The molecular formula is C24H20N2O5. The van der Waals surface area contributed by atoms with Crippen LogP contribution in [-0.2, 0) is 27.5 Å². The van der Waals surface area contributed by atoms with Gasteiger partial charge in [-0.05, 0) is 29.8 Å². The van der Waals surface area contributed by atoms with E-state index in [9.17, 15) is 14.9 Å². The van der Waals surface area contributed by atoms with Crippen LogP contribution in [0.1, 0.15) is 34.1 Å². The highest BCUT2D eigenvalue weighted by Gasteiger charge is 2.20. The van der Waals surface area contributed by atoms with Crippen LogP contribution in [0.4, 0.5) is 0 Å². The molecule has 0 amide bonds. The van der Waals surface area contributed by atoms with Gasteiger partial charge in [-0.3, -0.25) is 9.78 Å². The second kappa shape index (κ2) is 10.0. The van der Waals surface area contributed by atoms with Crippen molar-refractivity contribution in [3.63, 3.8) is 0 Å². The van der Waals surface area contributed by atoms with Crippen LogP contribution in [0.5, 0.6) is 5.75 Å². The summed E-state index contributed by atoms with van der Waals surface area (Å²) in [7, 11) is 1.50. The van der Waals surface area contributed by atoms with Gasteiger partial charge < -0.3 is 14.2 Å². The maximum absolute atomic E-state index is 12.9. The lowest BCUT2D eigenvalue weighted by molar-refractivity contribution is -0.142. The normalized spacial score (nSPS) is 10.1. The minimum Gasteiger partial charge on any atom is -0.496 e. The lowest BCUT2D eigenvalue weighted by Gasteiger charge is -2.14. The van der Waals surface area contributed by atoms with E-state index in [1.165, 1.54) is 20.2 Å². The zero-order chi connectivity index (χ0) is 22.2. The number of hydrogen-bond donors (Lipinski definition) is 0. The average molecular weight is 416 g/mol. The van der Waals surface area contributed by atoms with E-state index in [0.29, 0.717) is 28.1 Å². The number of benzene rings is 2. The summed E-state index contributed by atoms with van der Waals surface area (Å²) in [5.41, 5.74) is 2.88. The Morgan fingerprint density at radius 1 is 1.00 bits per heavy atom. The fourth-order valence-corrected chi connectivity index (χ4v) is 2.93. The highest BCUT2D eigenvalue weighted by Crippen LogP contribution is 2.34. The third-order valence-corrected chi connectivity index (χ3v) is 4.44. The van der Waals surface area contributed by atoms with Gasteiger partial charge in [-0.2, -0.15) is 5.26 Å². The number of aromatic nitrogens is 1. The summed E-state index contributed by atoms with van der Waals surface area (Å²) < 4.78 is 15.9. The first-order valence-corrected chi connectivity index (χ1v) is 9.43. The van der Waals surface area contributed by atoms with Gasteiger partial charge in [0.1, 0.15) is 19.0 Å². The molecule has 1 aromatic heterocycles. The Hall–Kier alpha value is -4.18. The number of esters is 2. The second-order valence-electron chi connectivity index (χ2n) is 6.59. The van der Waals surface area contributed by atoms with Crippen LogP contribution in [0.25, 0.3) is 11.1 Å². The maximum Gasteiger partial charge on any atom is 0.340 e. The molecule has 0 aliphatic rings. The fourth-order valence-electron chi connectivity index (χ4n) is 2.93. The van der Waals surface area contributed by atoms with Gasteiger partial charge in [0.25, 0.3) is 0 Å². The second-order valence-corrected chi connectivity index (χ2v) is 6.59. The van der Waals surface area contributed by atoms with Crippen LogP contribution in [0.2, 0.25) is 0 Å². The van der Waals surface area contributed by atoms with E-state index >= 15 is 0 Å². The van der Waals surface area contributed by atoms with E-state index in [1.54, 1.807) is 24.3 Å². The molecule has 0 bridgehead atoms. The van der Waals surface area contributed by atoms with Gasteiger partial charge >= 0.3 is 11.9 Å². The van der Waals surface area contributed by atoms with Gasteiger partial charge in [-0.15, -0.1) is 0 Å². The number of rotatable bonds is 7. The number of pyridine rings is 1. The van der Waals surface area contributed by atoms with Gasteiger partial charge in [0.05, 0.1) is 30.0 Å². The van der Waals surface area contributed by atoms with E-state index in [-0.39, 0.29) is 18.8 Å². The van der Waals surface area contributed by atoms with E-state index in [4.69, 9.17) is 14.2 Å². The maximum atomic E-state index is 12.9. The van der Waals surface area contributed by atoms with Gasteiger partial charge in [-0.25, -0.2) is 4.79 Å². The summed E-state index contributed by atoms with van der Waals surface area (Å²) in [5.74, 6) is -0.547. The molecule has 0 N–H and O–H groups in total. The molecule has 7 heteroatoms. The summed E-state index contributed by atoms with van der Waals surface area (Å²) in [6.07, 6.45) is 1.37. The van der Waals surface area contributed by atoms with Crippen molar-refractivity contribution < 1.29 is 23.8 Å². The third-order valence-electron chi connectivity index (χ3n) is 4.44. The molecule has 156 valence electrons. The van der Waals surface area contributed by atoms with Crippen LogP contribution in [0, 0.1) is 11.3 Å². The van der Waals surface area contributed by atoms with Crippen LogP contribution in [-0.4, -0.2) is 24.0 Å². The first-order valence-electron chi connectivity index (χ1n) is 9.43. The minimum atomic E-state index is -0.574. The topological polar surface area (TPSA) is 98.5 Å². The average Bonchev–Trinajstić information content (AvgIpc) is 2.81. The van der Waals surface area contributed by atoms with Crippen molar-refractivity contribution in [1.82, 2.24) is 4.98 Å².